The molecule has 110 valence electrons. The molecule has 3 N–H and O–H groups in total. The zero-order valence-corrected chi connectivity index (χ0v) is 11.5. The summed E-state index contributed by atoms with van der Waals surface area (Å²) in [6.45, 7) is 3.63. The molecule has 0 aromatic carbocycles. The third-order valence-electron chi connectivity index (χ3n) is 3.45. The van der Waals surface area contributed by atoms with Gasteiger partial charge in [0.05, 0.1) is 6.10 Å². The van der Waals surface area contributed by atoms with E-state index in [2.05, 4.69) is 5.32 Å². The number of carboxylic acid groups (broad SMARTS) is 1. The van der Waals surface area contributed by atoms with Crippen LogP contribution in [-0.2, 0) is 4.79 Å². The van der Waals surface area contributed by atoms with Crippen molar-refractivity contribution in [3.05, 3.63) is 0 Å². The number of aliphatic hydroxyl groups is 1. The highest BCUT2D eigenvalue weighted by Gasteiger charge is 2.21. The Morgan fingerprint density at radius 1 is 1.42 bits per heavy atom. The summed E-state index contributed by atoms with van der Waals surface area (Å²) in [7, 11) is 0. The highest BCUT2D eigenvalue weighted by Crippen LogP contribution is 2.11. The van der Waals surface area contributed by atoms with E-state index in [9.17, 15) is 14.7 Å². The molecule has 2 unspecified atom stereocenters. The van der Waals surface area contributed by atoms with Crippen LogP contribution in [0.5, 0.6) is 0 Å². The molecule has 19 heavy (non-hydrogen) atoms. The van der Waals surface area contributed by atoms with Crippen molar-refractivity contribution in [1.29, 1.82) is 0 Å². The van der Waals surface area contributed by atoms with E-state index in [1.165, 1.54) is 0 Å². The minimum absolute atomic E-state index is 0.135. The lowest BCUT2D eigenvalue weighted by Crippen LogP contribution is -2.47. The van der Waals surface area contributed by atoms with Gasteiger partial charge in [0.1, 0.15) is 0 Å². The number of piperidine rings is 1. The summed E-state index contributed by atoms with van der Waals surface area (Å²) >= 11 is 0. The molecule has 0 saturated carbocycles. The van der Waals surface area contributed by atoms with Crippen LogP contribution in [0.2, 0.25) is 0 Å². The summed E-state index contributed by atoms with van der Waals surface area (Å²) in [5, 5.41) is 20.9. The predicted molar refractivity (Wildman–Crippen MR) is 70.9 cm³/mol. The first kappa shape index (κ1) is 15.8. The lowest BCUT2D eigenvalue weighted by Gasteiger charge is -2.30. The van der Waals surface area contributed by atoms with Gasteiger partial charge in [-0.1, -0.05) is 6.92 Å². The van der Waals surface area contributed by atoms with Crippen LogP contribution in [0.4, 0.5) is 4.79 Å². The molecule has 1 rings (SSSR count). The zero-order valence-electron chi connectivity index (χ0n) is 11.5. The SMILES string of the molecule is CC(CCNC(=O)N1CCCC(O)C1)CCC(=O)O. The molecule has 6 heteroatoms. The predicted octanol–water partition coefficient (Wildman–Crippen LogP) is 1.04. The topological polar surface area (TPSA) is 89.9 Å². The fraction of sp³-hybridized carbons (Fsp3) is 0.846. The second kappa shape index (κ2) is 7.99. The Bertz CT molecular complexity index is 309. The van der Waals surface area contributed by atoms with Gasteiger partial charge in [0.15, 0.2) is 0 Å². The van der Waals surface area contributed by atoms with Crippen LogP contribution in [0.25, 0.3) is 0 Å². The van der Waals surface area contributed by atoms with Crippen LogP contribution in [0.15, 0.2) is 0 Å². The van der Waals surface area contributed by atoms with Gasteiger partial charge in [-0.2, -0.15) is 0 Å². The van der Waals surface area contributed by atoms with Crippen molar-refractivity contribution in [3.63, 3.8) is 0 Å². The molecule has 2 atom stereocenters. The summed E-state index contributed by atoms with van der Waals surface area (Å²) < 4.78 is 0. The third kappa shape index (κ3) is 6.42. The van der Waals surface area contributed by atoms with Crippen LogP contribution in [-0.4, -0.2) is 52.9 Å². The van der Waals surface area contributed by atoms with E-state index in [-0.39, 0.29) is 18.4 Å². The Hall–Kier alpha value is -1.30. The van der Waals surface area contributed by atoms with Crippen LogP contribution in [0.1, 0.15) is 39.0 Å². The number of amides is 2. The molecule has 1 saturated heterocycles. The fourth-order valence-electron chi connectivity index (χ4n) is 2.19. The Balaban J connectivity index is 2.14. The van der Waals surface area contributed by atoms with E-state index in [1.54, 1.807) is 4.90 Å². The van der Waals surface area contributed by atoms with Gasteiger partial charge in [-0.05, 0) is 31.6 Å². The van der Waals surface area contributed by atoms with Crippen molar-refractivity contribution < 1.29 is 19.8 Å². The molecule has 2 amide bonds. The number of aliphatic hydroxyl groups excluding tert-OH is 1. The van der Waals surface area contributed by atoms with Crippen molar-refractivity contribution in [2.24, 2.45) is 5.92 Å². The Morgan fingerprint density at radius 3 is 2.79 bits per heavy atom. The highest BCUT2D eigenvalue weighted by molar-refractivity contribution is 5.74. The number of hydrogen-bond acceptors (Lipinski definition) is 3. The number of carbonyl (C=O) groups excluding carboxylic acids is 1. The molecule has 1 heterocycles. The zero-order chi connectivity index (χ0) is 14.3. The normalized spacial score (nSPS) is 20.9. The molecular weight excluding hydrogens is 248 g/mol. The average molecular weight is 272 g/mol. The van der Waals surface area contributed by atoms with Gasteiger partial charge >= 0.3 is 12.0 Å². The van der Waals surface area contributed by atoms with E-state index in [1.807, 2.05) is 6.92 Å². The van der Waals surface area contributed by atoms with Gasteiger partial charge in [-0.15, -0.1) is 0 Å². The molecule has 0 aromatic heterocycles. The standard InChI is InChI=1S/C13H24N2O4/c1-10(4-5-12(17)18)6-7-14-13(19)15-8-2-3-11(16)9-15/h10-11,16H,2-9H2,1H3,(H,14,19)(H,17,18). The van der Waals surface area contributed by atoms with Crippen LogP contribution in [0, 0.1) is 5.92 Å². The summed E-state index contributed by atoms with van der Waals surface area (Å²) in [6, 6.07) is -0.135. The molecule has 0 bridgehead atoms. The minimum atomic E-state index is -0.779. The number of likely N-dealkylation sites (tertiary alicyclic amines) is 1. The van der Waals surface area contributed by atoms with Gasteiger partial charge < -0.3 is 20.4 Å². The highest BCUT2D eigenvalue weighted by atomic mass is 16.4. The van der Waals surface area contributed by atoms with Crippen molar-refractivity contribution in [3.8, 4) is 0 Å². The largest absolute Gasteiger partial charge is 0.481 e. The summed E-state index contributed by atoms with van der Waals surface area (Å²) in [5.41, 5.74) is 0. The molecular formula is C13H24N2O4. The molecule has 0 aliphatic carbocycles. The molecule has 0 aromatic rings. The lowest BCUT2D eigenvalue weighted by atomic mass is 10.0. The summed E-state index contributed by atoms with van der Waals surface area (Å²) in [5.74, 6) is -0.499. The number of rotatable bonds is 6. The summed E-state index contributed by atoms with van der Waals surface area (Å²) in [4.78, 5) is 23.9. The molecule has 0 radical (unpaired) electrons. The number of nitrogens with one attached hydrogen (secondary N) is 1. The van der Waals surface area contributed by atoms with Crippen LogP contribution in [0.3, 0.4) is 0 Å². The first-order valence-corrected chi connectivity index (χ1v) is 6.91. The number of hydrogen-bond donors (Lipinski definition) is 3. The maximum absolute atomic E-state index is 11.8. The molecule has 1 aliphatic rings. The molecule has 1 aliphatic heterocycles. The average Bonchev–Trinajstić information content (AvgIpc) is 2.36. The summed E-state index contributed by atoms with van der Waals surface area (Å²) in [6.07, 6.45) is 2.77. The van der Waals surface area contributed by atoms with E-state index in [4.69, 9.17) is 5.11 Å². The second-order valence-corrected chi connectivity index (χ2v) is 5.30. The number of β-amino-alcohol motifs (C(OH)–C–C–N with tert-alkyl or cyclic N) is 1. The number of carbonyl (C=O) groups is 2. The van der Waals surface area contributed by atoms with Crippen molar-refractivity contribution in [2.45, 2.75) is 45.1 Å². The Kier molecular flexibility index (Phi) is 6.62. The van der Waals surface area contributed by atoms with Crippen molar-refractivity contribution in [2.75, 3.05) is 19.6 Å². The Morgan fingerprint density at radius 2 is 2.16 bits per heavy atom. The van der Waals surface area contributed by atoms with E-state index >= 15 is 0 Å². The maximum atomic E-state index is 11.8. The third-order valence-corrected chi connectivity index (χ3v) is 3.45. The molecule has 0 spiro atoms. The van der Waals surface area contributed by atoms with Gasteiger partial charge in [-0.25, -0.2) is 4.79 Å². The van der Waals surface area contributed by atoms with Gasteiger partial charge in [0.25, 0.3) is 0 Å². The van der Waals surface area contributed by atoms with Gasteiger partial charge in [-0.3, -0.25) is 4.79 Å². The smallest absolute Gasteiger partial charge is 0.317 e. The van der Waals surface area contributed by atoms with Gasteiger partial charge in [0.2, 0.25) is 0 Å². The van der Waals surface area contributed by atoms with Crippen molar-refractivity contribution in [1.82, 2.24) is 10.2 Å². The molecule has 6 nitrogen and oxygen atoms in total. The first-order chi connectivity index (χ1) is 8.99. The quantitative estimate of drug-likeness (QED) is 0.674. The fourth-order valence-corrected chi connectivity index (χ4v) is 2.19. The number of nitrogens with zero attached hydrogens (tertiary/aromatic N) is 1. The van der Waals surface area contributed by atoms with Crippen LogP contribution >= 0.6 is 0 Å². The number of carboxylic acids is 1. The minimum Gasteiger partial charge on any atom is -0.481 e. The van der Waals surface area contributed by atoms with E-state index in [0.717, 1.165) is 19.3 Å². The maximum Gasteiger partial charge on any atom is 0.317 e. The lowest BCUT2D eigenvalue weighted by molar-refractivity contribution is -0.137. The van der Waals surface area contributed by atoms with E-state index < -0.39 is 12.1 Å². The van der Waals surface area contributed by atoms with Gasteiger partial charge in [0, 0.05) is 26.1 Å². The number of aliphatic carboxylic acids is 1. The van der Waals surface area contributed by atoms with Crippen LogP contribution < -0.4 is 5.32 Å². The second-order valence-electron chi connectivity index (χ2n) is 5.30. The first-order valence-electron chi connectivity index (χ1n) is 6.91. The Labute approximate surface area is 113 Å². The van der Waals surface area contributed by atoms with Crippen molar-refractivity contribution >= 4 is 12.0 Å². The molecule has 1 fully saturated rings. The number of urea groups is 1. The van der Waals surface area contributed by atoms with E-state index in [0.29, 0.717) is 26.1 Å². The monoisotopic (exact) mass is 272 g/mol.